The van der Waals surface area contributed by atoms with E-state index >= 15 is 0 Å². The largest absolute Gasteiger partial charge is 0.389 e. The third-order valence-corrected chi connectivity index (χ3v) is 4.40. The molecule has 1 aromatic heterocycles. The van der Waals surface area contributed by atoms with Crippen molar-refractivity contribution in [2.45, 2.75) is 12.1 Å². The summed E-state index contributed by atoms with van der Waals surface area (Å²) in [5.74, 6) is 0. The lowest BCUT2D eigenvalue weighted by atomic mass is 10.0. The second-order valence-electron chi connectivity index (χ2n) is 5.41. The van der Waals surface area contributed by atoms with Crippen LogP contribution in [0.15, 0.2) is 65.3 Å². The van der Waals surface area contributed by atoms with Crippen molar-refractivity contribution >= 4 is 39.2 Å². The van der Waals surface area contributed by atoms with E-state index in [0.717, 1.165) is 15.6 Å². The molecule has 0 aliphatic carbocycles. The van der Waals surface area contributed by atoms with Crippen LogP contribution in [-0.2, 0) is 0 Å². The Morgan fingerprint density at radius 1 is 1.13 bits per heavy atom. The van der Waals surface area contributed by atoms with Crippen molar-refractivity contribution in [1.82, 2.24) is 9.88 Å². The van der Waals surface area contributed by atoms with Gasteiger partial charge in [-0.05, 0) is 36.2 Å². The Kier molecular flexibility index (Phi) is 6.25. The number of nitrogens with one attached hydrogen (secondary N) is 1. The van der Waals surface area contributed by atoms with Gasteiger partial charge in [0.15, 0.2) is 0 Å². The second kappa shape index (κ2) is 7.97. The van der Waals surface area contributed by atoms with Crippen molar-refractivity contribution in [2.75, 3.05) is 13.6 Å². The number of aliphatic hydroxyl groups excluding tert-OH is 1. The summed E-state index contributed by atoms with van der Waals surface area (Å²) in [7, 11) is 1.86. The van der Waals surface area contributed by atoms with Gasteiger partial charge in [0.25, 0.3) is 0 Å². The first-order chi connectivity index (χ1) is 10.7. The summed E-state index contributed by atoms with van der Waals surface area (Å²) in [5, 5.41) is 14.9. The molecule has 0 saturated heterocycles. The molecule has 2 atom stereocenters. The summed E-state index contributed by atoms with van der Waals surface area (Å²) >= 11 is 3.54. The first kappa shape index (κ1) is 18.0. The maximum Gasteiger partial charge on any atom is 0.0912 e. The first-order valence-electron chi connectivity index (χ1n) is 7.34. The van der Waals surface area contributed by atoms with E-state index in [0.29, 0.717) is 6.54 Å². The molecule has 0 unspecified atom stereocenters. The van der Waals surface area contributed by atoms with Crippen LogP contribution in [0.1, 0.15) is 11.6 Å². The van der Waals surface area contributed by atoms with Crippen LogP contribution in [0.4, 0.5) is 0 Å². The highest BCUT2D eigenvalue weighted by molar-refractivity contribution is 9.10. The number of halogens is 2. The molecule has 5 heteroatoms. The van der Waals surface area contributed by atoms with Crippen molar-refractivity contribution in [3.63, 3.8) is 0 Å². The molecule has 2 aromatic carbocycles. The Hall–Kier alpha value is -1.33. The molecular weight excluding hydrogens is 376 g/mol. The second-order valence-corrected chi connectivity index (χ2v) is 6.32. The molecule has 0 aliphatic heterocycles. The minimum Gasteiger partial charge on any atom is -0.389 e. The molecule has 0 bridgehead atoms. The van der Waals surface area contributed by atoms with Crippen LogP contribution in [0.3, 0.4) is 0 Å². The number of likely N-dealkylation sites (N-methyl/N-ethyl adjacent to an activating group) is 1. The van der Waals surface area contributed by atoms with Gasteiger partial charge in [0.05, 0.1) is 12.1 Å². The number of fused-ring (bicyclic) bond motifs is 1. The van der Waals surface area contributed by atoms with Gasteiger partial charge >= 0.3 is 0 Å². The SMILES string of the molecule is CNC[C@@H](O)[C@H](c1ccccc1)n1ccc2ccc(Br)cc21.Cl. The number of aromatic nitrogens is 1. The van der Waals surface area contributed by atoms with Gasteiger partial charge in [0, 0.05) is 22.7 Å². The summed E-state index contributed by atoms with van der Waals surface area (Å²) in [5.41, 5.74) is 2.21. The molecule has 0 saturated carbocycles. The number of nitrogens with zero attached hydrogens (tertiary/aromatic N) is 1. The Morgan fingerprint density at radius 3 is 2.57 bits per heavy atom. The number of hydrogen-bond acceptors (Lipinski definition) is 2. The summed E-state index contributed by atoms with van der Waals surface area (Å²) in [6, 6.07) is 18.3. The van der Waals surface area contributed by atoms with Gasteiger partial charge in [-0.15, -0.1) is 12.4 Å². The van der Waals surface area contributed by atoms with Crippen molar-refractivity contribution in [2.24, 2.45) is 0 Å². The van der Waals surface area contributed by atoms with E-state index in [4.69, 9.17) is 0 Å². The zero-order valence-corrected chi connectivity index (χ0v) is 15.2. The van der Waals surface area contributed by atoms with Crippen LogP contribution in [0.25, 0.3) is 10.9 Å². The van der Waals surface area contributed by atoms with Gasteiger partial charge in [0.1, 0.15) is 0 Å². The minimum absolute atomic E-state index is 0. The molecule has 1 heterocycles. The molecule has 0 amide bonds. The summed E-state index contributed by atoms with van der Waals surface area (Å²) in [6.07, 6.45) is 1.54. The number of hydrogen-bond donors (Lipinski definition) is 2. The lowest BCUT2D eigenvalue weighted by Gasteiger charge is -2.26. The quantitative estimate of drug-likeness (QED) is 0.685. The molecule has 2 N–H and O–H groups in total. The van der Waals surface area contributed by atoms with Crippen molar-refractivity contribution in [1.29, 1.82) is 0 Å². The molecule has 0 aliphatic rings. The monoisotopic (exact) mass is 394 g/mol. The van der Waals surface area contributed by atoms with Gasteiger partial charge < -0.3 is 15.0 Å². The van der Waals surface area contributed by atoms with E-state index < -0.39 is 6.10 Å². The molecule has 0 radical (unpaired) electrons. The van der Waals surface area contributed by atoms with Gasteiger partial charge in [-0.25, -0.2) is 0 Å². The van der Waals surface area contributed by atoms with Gasteiger partial charge in [-0.1, -0.05) is 52.3 Å². The average Bonchev–Trinajstić information content (AvgIpc) is 2.92. The predicted molar refractivity (Wildman–Crippen MR) is 101 cm³/mol. The van der Waals surface area contributed by atoms with Gasteiger partial charge in [-0.3, -0.25) is 0 Å². The lowest BCUT2D eigenvalue weighted by Crippen LogP contribution is -2.33. The van der Waals surface area contributed by atoms with Crippen LogP contribution < -0.4 is 5.32 Å². The highest BCUT2D eigenvalue weighted by Crippen LogP contribution is 2.29. The van der Waals surface area contributed by atoms with Crippen LogP contribution in [-0.4, -0.2) is 29.4 Å². The number of aliphatic hydroxyl groups is 1. The van der Waals surface area contributed by atoms with Crippen LogP contribution in [0.5, 0.6) is 0 Å². The molecule has 3 aromatic rings. The normalized spacial score (nSPS) is 13.5. The topological polar surface area (TPSA) is 37.2 Å². The van der Waals surface area contributed by atoms with E-state index in [2.05, 4.69) is 56.1 Å². The standard InChI is InChI=1S/C18H19BrN2O.ClH/c1-20-12-17(22)18(14-5-3-2-4-6-14)21-10-9-13-7-8-15(19)11-16(13)21;/h2-11,17-18,20,22H,12H2,1H3;1H/t17-,18+;/m1./s1. The number of benzene rings is 2. The van der Waals surface area contributed by atoms with Crippen molar-refractivity contribution in [3.05, 3.63) is 70.8 Å². The lowest BCUT2D eigenvalue weighted by molar-refractivity contribution is 0.132. The molecule has 0 fully saturated rings. The van der Waals surface area contributed by atoms with Gasteiger partial charge in [-0.2, -0.15) is 0 Å². The van der Waals surface area contributed by atoms with Crippen LogP contribution in [0, 0.1) is 0 Å². The number of rotatable bonds is 5. The Labute approximate surface area is 150 Å². The third-order valence-electron chi connectivity index (χ3n) is 3.90. The molecule has 0 spiro atoms. The van der Waals surface area contributed by atoms with E-state index in [9.17, 15) is 5.11 Å². The Balaban J connectivity index is 0.00000192. The summed E-state index contributed by atoms with van der Waals surface area (Å²) in [4.78, 5) is 0. The fourth-order valence-corrected chi connectivity index (χ4v) is 3.25. The minimum atomic E-state index is -0.512. The molecular formula is C18H20BrClN2O. The van der Waals surface area contributed by atoms with E-state index in [1.807, 2.05) is 37.5 Å². The van der Waals surface area contributed by atoms with E-state index in [-0.39, 0.29) is 18.4 Å². The Bertz CT molecular complexity index is 760. The zero-order chi connectivity index (χ0) is 15.5. The zero-order valence-electron chi connectivity index (χ0n) is 12.8. The van der Waals surface area contributed by atoms with Gasteiger partial charge in [0.2, 0.25) is 0 Å². The molecule has 23 heavy (non-hydrogen) atoms. The fraction of sp³-hybridized carbons (Fsp3) is 0.222. The van der Waals surface area contributed by atoms with Crippen LogP contribution in [0.2, 0.25) is 0 Å². The third kappa shape index (κ3) is 3.78. The van der Waals surface area contributed by atoms with Crippen LogP contribution >= 0.6 is 28.3 Å². The highest BCUT2D eigenvalue weighted by Gasteiger charge is 2.23. The average molecular weight is 396 g/mol. The summed E-state index contributed by atoms with van der Waals surface area (Å²) in [6.45, 7) is 0.535. The maximum atomic E-state index is 10.7. The van der Waals surface area contributed by atoms with E-state index in [1.54, 1.807) is 0 Å². The predicted octanol–water partition coefficient (Wildman–Crippen LogP) is 4.00. The highest BCUT2D eigenvalue weighted by atomic mass is 79.9. The molecule has 3 nitrogen and oxygen atoms in total. The van der Waals surface area contributed by atoms with E-state index in [1.165, 1.54) is 5.39 Å². The first-order valence-corrected chi connectivity index (χ1v) is 8.13. The Morgan fingerprint density at radius 2 is 1.87 bits per heavy atom. The summed E-state index contributed by atoms with van der Waals surface area (Å²) < 4.78 is 3.19. The smallest absolute Gasteiger partial charge is 0.0912 e. The van der Waals surface area contributed by atoms with Crippen molar-refractivity contribution < 1.29 is 5.11 Å². The fourth-order valence-electron chi connectivity index (χ4n) is 2.90. The van der Waals surface area contributed by atoms with Crippen molar-refractivity contribution in [3.8, 4) is 0 Å². The molecule has 3 rings (SSSR count). The molecule has 122 valence electrons. The maximum absolute atomic E-state index is 10.7.